The van der Waals surface area contributed by atoms with Crippen molar-refractivity contribution < 1.29 is 9.18 Å². The number of likely N-dealkylation sites (tertiary alicyclic amines) is 1. The van der Waals surface area contributed by atoms with Gasteiger partial charge in [-0.2, -0.15) is 0 Å². The topological polar surface area (TPSA) is 46.3 Å². The number of benzene rings is 1. The second-order valence-electron chi connectivity index (χ2n) is 5.80. The molecule has 116 valence electrons. The summed E-state index contributed by atoms with van der Waals surface area (Å²) < 4.78 is 13.0. The highest BCUT2D eigenvalue weighted by Crippen LogP contribution is 2.30. The smallest absolute Gasteiger partial charge is 0.264 e. The van der Waals surface area contributed by atoms with Gasteiger partial charge in [-0.1, -0.05) is 12.1 Å². The molecule has 2 heterocycles. The van der Waals surface area contributed by atoms with E-state index in [2.05, 4.69) is 0 Å². The number of hydrogen-bond donors (Lipinski definition) is 1. The van der Waals surface area contributed by atoms with Crippen LogP contribution >= 0.6 is 11.3 Å². The van der Waals surface area contributed by atoms with Gasteiger partial charge in [0.05, 0.1) is 4.88 Å². The highest BCUT2D eigenvalue weighted by Gasteiger charge is 2.28. The Morgan fingerprint density at radius 2 is 2.00 bits per heavy atom. The molecule has 0 bridgehead atoms. The van der Waals surface area contributed by atoms with E-state index in [9.17, 15) is 9.18 Å². The Kier molecular flexibility index (Phi) is 4.27. The Morgan fingerprint density at radius 1 is 1.27 bits per heavy atom. The molecule has 1 aromatic carbocycles. The summed E-state index contributed by atoms with van der Waals surface area (Å²) in [4.78, 5) is 16.3. The van der Waals surface area contributed by atoms with Gasteiger partial charge >= 0.3 is 0 Å². The zero-order valence-electron chi connectivity index (χ0n) is 12.5. The Balaban J connectivity index is 1.78. The fraction of sp³-hybridized carbons (Fsp3) is 0.353. The fourth-order valence-corrected chi connectivity index (χ4v) is 3.84. The minimum absolute atomic E-state index is 0.0674. The summed E-state index contributed by atoms with van der Waals surface area (Å²) in [7, 11) is 0. The number of carbonyl (C=O) groups is 1. The molecule has 0 aliphatic carbocycles. The normalized spacial score (nSPS) is 21.9. The summed E-state index contributed by atoms with van der Waals surface area (Å²) in [5.41, 5.74) is 6.88. The van der Waals surface area contributed by atoms with Crippen molar-refractivity contribution in [1.29, 1.82) is 0 Å². The van der Waals surface area contributed by atoms with Crippen molar-refractivity contribution in [3.05, 3.63) is 47.1 Å². The molecule has 5 heteroatoms. The number of piperidine rings is 1. The summed E-state index contributed by atoms with van der Waals surface area (Å²) in [5.74, 6) is -0.187. The van der Waals surface area contributed by atoms with Gasteiger partial charge in [-0.25, -0.2) is 4.39 Å². The number of thiophene rings is 1. The molecule has 0 radical (unpaired) electrons. The van der Waals surface area contributed by atoms with E-state index < -0.39 is 0 Å². The molecule has 1 aromatic heterocycles. The van der Waals surface area contributed by atoms with E-state index in [-0.39, 0.29) is 23.8 Å². The molecule has 22 heavy (non-hydrogen) atoms. The third-order valence-electron chi connectivity index (χ3n) is 4.12. The third kappa shape index (κ3) is 3.05. The quantitative estimate of drug-likeness (QED) is 0.921. The van der Waals surface area contributed by atoms with Crippen LogP contribution in [-0.2, 0) is 0 Å². The molecule has 3 rings (SSSR count). The number of nitrogens with zero attached hydrogens (tertiary/aromatic N) is 1. The summed E-state index contributed by atoms with van der Waals surface area (Å²) in [6.07, 6.45) is 1.70. The molecule has 1 aliphatic rings. The second-order valence-corrected chi connectivity index (χ2v) is 6.89. The number of rotatable bonds is 2. The average Bonchev–Trinajstić information content (AvgIpc) is 2.97. The van der Waals surface area contributed by atoms with Crippen LogP contribution in [0.2, 0.25) is 0 Å². The first-order valence-corrected chi connectivity index (χ1v) is 8.28. The van der Waals surface area contributed by atoms with Crippen LogP contribution in [-0.4, -0.2) is 29.4 Å². The van der Waals surface area contributed by atoms with Gasteiger partial charge in [0, 0.05) is 23.5 Å². The summed E-state index contributed by atoms with van der Waals surface area (Å²) in [6, 6.07) is 10.5. The minimum Gasteiger partial charge on any atom is -0.335 e. The molecule has 3 nitrogen and oxygen atoms in total. The molecule has 0 unspecified atom stereocenters. The summed E-state index contributed by atoms with van der Waals surface area (Å²) in [5, 5.41) is 0. The van der Waals surface area contributed by atoms with Crippen molar-refractivity contribution in [2.75, 3.05) is 6.54 Å². The molecule has 2 N–H and O–H groups in total. The largest absolute Gasteiger partial charge is 0.335 e. The zero-order valence-corrected chi connectivity index (χ0v) is 13.3. The zero-order chi connectivity index (χ0) is 15.7. The van der Waals surface area contributed by atoms with Gasteiger partial charge in [0.1, 0.15) is 5.82 Å². The molecule has 1 aliphatic heterocycles. The number of hydrogen-bond acceptors (Lipinski definition) is 3. The van der Waals surface area contributed by atoms with Gasteiger partial charge in [0.25, 0.3) is 5.91 Å². The number of amides is 1. The molecule has 1 amide bonds. The SMILES string of the molecule is C[C@H]1C[C@H](N)CCN1C(=O)c1ccc(-c2ccc(F)cc2)s1. The van der Waals surface area contributed by atoms with Crippen LogP contribution in [0.3, 0.4) is 0 Å². The third-order valence-corrected chi connectivity index (χ3v) is 5.25. The van der Waals surface area contributed by atoms with E-state index >= 15 is 0 Å². The molecule has 2 aromatic rings. The van der Waals surface area contributed by atoms with Gasteiger partial charge < -0.3 is 10.6 Å². The van der Waals surface area contributed by atoms with E-state index in [4.69, 9.17) is 5.73 Å². The van der Waals surface area contributed by atoms with Crippen LogP contribution in [0, 0.1) is 5.82 Å². The van der Waals surface area contributed by atoms with Crippen molar-refractivity contribution in [2.45, 2.75) is 31.8 Å². The highest BCUT2D eigenvalue weighted by atomic mass is 32.1. The lowest BCUT2D eigenvalue weighted by molar-refractivity contribution is 0.0624. The van der Waals surface area contributed by atoms with E-state index in [1.807, 2.05) is 24.0 Å². The molecule has 0 spiro atoms. The summed E-state index contributed by atoms with van der Waals surface area (Å²) >= 11 is 1.45. The van der Waals surface area contributed by atoms with Crippen molar-refractivity contribution in [3.8, 4) is 10.4 Å². The molecule has 1 saturated heterocycles. The Morgan fingerprint density at radius 3 is 2.68 bits per heavy atom. The van der Waals surface area contributed by atoms with Crippen molar-refractivity contribution >= 4 is 17.2 Å². The van der Waals surface area contributed by atoms with E-state index in [0.29, 0.717) is 6.54 Å². The van der Waals surface area contributed by atoms with Crippen LogP contribution in [0.4, 0.5) is 4.39 Å². The number of carbonyl (C=O) groups excluding carboxylic acids is 1. The lowest BCUT2D eigenvalue weighted by Gasteiger charge is -2.36. The van der Waals surface area contributed by atoms with E-state index in [0.717, 1.165) is 28.2 Å². The molecule has 2 atom stereocenters. The van der Waals surface area contributed by atoms with Crippen LogP contribution in [0.15, 0.2) is 36.4 Å². The first kappa shape index (κ1) is 15.2. The van der Waals surface area contributed by atoms with E-state index in [1.54, 1.807) is 12.1 Å². The second kappa shape index (κ2) is 6.18. The Hall–Kier alpha value is -1.72. The fourth-order valence-electron chi connectivity index (χ4n) is 2.87. The molecule has 1 fully saturated rings. The van der Waals surface area contributed by atoms with Gasteiger partial charge in [-0.15, -0.1) is 11.3 Å². The van der Waals surface area contributed by atoms with Gasteiger partial charge in [-0.05, 0) is 49.6 Å². The van der Waals surface area contributed by atoms with Crippen LogP contribution in [0.1, 0.15) is 29.4 Å². The van der Waals surface area contributed by atoms with E-state index in [1.165, 1.54) is 23.5 Å². The first-order valence-electron chi connectivity index (χ1n) is 7.47. The lowest BCUT2D eigenvalue weighted by Crippen LogP contribution is -2.48. The van der Waals surface area contributed by atoms with Crippen molar-refractivity contribution in [1.82, 2.24) is 4.90 Å². The molecule has 0 saturated carbocycles. The maximum Gasteiger partial charge on any atom is 0.264 e. The van der Waals surface area contributed by atoms with Crippen LogP contribution in [0.25, 0.3) is 10.4 Å². The lowest BCUT2D eigenvalue weighted by atomic mass is 9.99. The monoisotopic (exact) mass is 318 g/mol. The Bertz CT molecular complexity index is 668. The van der Waals surface area contributed by atoms with Crippen molar-refractivity contribution in [2.24, 2.45) is 5.73 Å². The highest BCUT2D eigenvalue weighted by molar-refractivity contribution is 7.17. The van der Waals surface area contributed by atoms with Gasteiger partial charge in [-0.3, -0.25) is 4.79 Å². The maximum atomic E-state index is 13.0. The molecular formula is C17H19FN2OS. The standard InChI is InChI=1S/C17H19FN2OS/c1-11-10-14(19)8-9-20(11)17(21)16-7-6-15(22-16)12-2-4-13(18)5-3-12/h2-7,11,14H,8-10,19H2,1H3/t11-,14+/m0/s1. The average molecular weight is 318 g/mol. The predicted molar refractivity (Wildman–Crippen MR) is 87.4 cm³/mol. The number of halogens is 1. The van der Waals surface area contributed by atoms with Crippen LogP contribution < -0.4 is 5.73 Å². The van der Waals surface area contributed by atoms with Gasteiger partial charge in [0.15, 0.2) is 0 Å². The van der Waals surface area contributed by atoms with Gasteiger partial charge in [0.2, 0.25) is 0 Å². The predicted octanol–water partition coefficient (Wildman–Crippen LogP) is 3.51. The Labute approximate surface area is 133 Å². The van der Waals surface area contributed by atoms with Crippen LogP contribution in [0.5, 0.6) is 0 Å². The first-order chi connectivity index (χ1) is 10.5. The molecular weight excluding hydrogens is 299 g/mol. The summed E-state index contributed by atoms with van der Waals surface area (Å²) in [6.45, 7) is 2.76. The number of nitrogens with two attached hydrogens (primary N) is 1. The van der Waals surface area contributed by atoms with Crippen molar-refractivity contribution in [3.63, 3.8) is 0 Å². The minimum atomic E-state index is -0.255. The maximum absolute atomic E-state index is 13.0.